The summed E-state index contributed by atoms with van der Waals surface area (Å²) in [6.07, 6.45) is 5.70. The summed E-state index contributed by atoms with van der Waals surface area (Å²) in [4.78, 5) is 19.3. The van der Waals surface area contributed by atoms with Crippen LogP contribution in [0.25, 0.3) is 10.9 Å². The van der Waals surface area contributed by atoms with Crippen LogP contribution in [0.3, 0.4) is 0 Å². The van der Waals surface area contributed by atoms with Crippen LogP contribution in [0.15, 0.2) is 36.7 Å². The van der Waals surface area contributed by atoms with Gasteiger partial charge in [-0.05, 0) is 37.1 Å². The van der Waals surface area contributed by atoms with Gasteiger partial charge in [0.2, 0.25) is 0 Å². The normalized spacial score (nSPS) is 13.7. The third-order valence-electron chi connectivity index (χ3n) is 4.65. The van der Waals surface area contributed by atoms with E-state index in [0.29, 0.717) is 21.4 Å². The molecule has 0 bridgehead atoms. The number of carbonyl (C=O) groups excluding carboxylic acids is 1. The average Bonchev–Trinajstić information content (AvgIpc) is 3.24. The second-order valence-electron chi connectivity index (χ2n) is 6.49. The highest BCUT2D eigenvalue weighted by Crippen LogP contribution is 2.31. The van der Waals surface area contributed by atoms with Gasteiger partial charge in [-0.1, -0.05) is 23.2 Å². The molecule has 1 saturated heterocycles. The molecule has 5 nitrogen and oxygen atoms in total. The van der Waals surface area contributed by atoms with Crippen LogP contribution in [-0.4, -0.2) is 33.4 Å². The number of anilines is 2. The van der Waals surface area contributed by atoms with Gasteiger partial charge in [0, 0.05) is 53.6 Å². The molecule has 1 N–H and O–H groups in total. The molecule has 142 valence electrons. The van der Waals surface area contributed by atoms with E-state index in [1.54, 1.807) is 24.4 Å². The number of hydrogen-bond acceptors (Lipinski definition) is 3. The SMILES string of the molecule is Cl.Cn1ccc2c(Nc3cc(Cl)cc(Cl)c3)ncc(C(=O)N3CCCC3)c21. The molecule has 0 aliphatic carbocycles. The van der Waals surface area contributed by atoms with Gasteiger partial charge in [0.1, 0.15) is 5.82 Å². The number of hydrogen-bond donors (Lipinski definition) is 1. The van der Waals surface area contributed by atoms with Crippen molar-refractivity contribution in [3.05, 3.63) is 52.3 Å². The Labute approximate surface area is 173 Å². The van der Waals surface area contributed by atoms with Gasteiger partial charge in [-0.3, -0.25) is 4.79 Å². The fourth-order valence-electron chi connectivity index (χ4n) is 3.43. The predicted molar refractivity (Wildman–Crippen MR) is 113 cm³/mol. The van der Waals surface area contributed by atoms with Crippen molar-refractivity contribution in [2.75, 3.05) is 18.4 Å². The average molecular weight is 426 g/mol. The molecule has 1 aliphatic rings. The Morgan fingerprint density at radius 3 is 2.48 bits per heavy atom. The van der Waals surface area contributed by atoms with Crippen molar-refractivity contribution in [1.29, 1.82) is 0 Å². The maximum absolute atomic E-state index is 12.9. The zero-order chi connectivity index (χ0) is 18.3. The zero-order valence-electron chi connectivity index (χ0n) is 14.7. The number of nitrogens with zero attached hydrogens (tertiary/aromatic N) is 3. The number of halogens is 3. The summed E-state index contributed by atoms with van der Waals surface area (Å²) in [5.41, 5.74) is 2.25. The van der Waals surface area contributed by atoms with Crippen molar-refractivity contribution in [3.8, 4) is 0 Å². The van der Waals surface area contributed by atoms with Gasteiger partial charge < -0.3 is 14.8 Å². The van der Waals surface area contributed by atoms with Crippen molar-refractivity contribution in [2.24, 2.45) is 7.05 Å². The van der Waals surface area contributed by atoms with Crippen LogP contribution in [-0.2, 0) is 7.05 Å². The molecule has 0 atom stereocenters. The molecule has 3 aromatic rings. The van der Waals surface area contributed by atoms with Gasteiger partial charge in [-0.15, -0.1) is 12.4 Å². The lowest BCUT2D eigenvalue weighted by Crippen LogP contribution is -2.28. The van der Waals surface area contributed by atoms with Crippen molar-refractivity contribution >= 4 is 63.9 Å². The molecule has 1 aliphatic heterocycles. The molecule has 3 heterocycles. The molecule has 1 aromatic carbocycles. The molecular formula is C19H19Cl3N4O. The Bertz CT molecular complexity index is 976. The number of carbonyl (C=O) groups is 1. The fraction of sp³-hybridized carbons (Fsp3) is 0.263. The number of benzene rings is 1. The number of nitrogens with one attached hydrogen (secondary N) is 1. The summed E-state index contributed by atoms with van der Waals surface area (Å²) < 4.78 is 1.95. The van der Waals surface area contributed by atoms with E-state index in [9.17, 15) is 4.79 Å². The first-order valence-electron chi connectivity index (χ1n) is 8.49. The highest BCUT2D eigenvalue weighted by Gasteiger charge is 2.23. The lowest BCUT2D eigenvalue weighted by atomic mass is 10.1. The van der Waals surface area contributed by atoms with Crippen molar-refractivity contribution in [2.45, 2.75) is 12.8 Å². The van der Waals surface area contributed by atoms with E-state index in [4.69, 9.17) is 23.2 Å². The standard InChI is InChI=1S/C19H18Cl2N4O.ClH/c1-24-7-4-15-17(24)16(19(26)25-5-2-3-6-25)11-22-18(15)23-14-9-12(20)8-13(21)10-14;/h4,7-11H,2-3,5-6H2,1H3,(H,22,23);1H. The monoisotopic (exact) mass is 424 g/mol. The Kier molecular flexibility index (Phi) is 5.84. The number of likely N-dealkylation sites (tertiary alicyclic amines) is 1. The van der Waals surface area contributed by atoms with E-state index in [2.05, 4.69) is 10.3 Å². The smallest absolute Gasteiger partial charge is 0.257 e. The van der Waals surface area contributed by atoms with Crippen molar-refractivity contribution < 1.29 is 4.79 Å². The van der Waals surface area contributed by atoms with Gasteiger partial charge in [0.25, 0.3) is 5.91 Å². The van der Waals surface area contributed by atoms with E-state index >= 15 is 0 Å². The maximum Gasteiger partial charge on any atom is 0.257 e. The molecule has 27 heavy (non-hydrogen) atoms. The lowest BCUT2D eigenvalue weighted by Gasteiger charge is -2.17. The molecule has 8 heteroatoms. The summed E-state index contributed by atoms with van der Waals surface area (Å²) >= 11 is 12.2. The lowest BCUT2D eigenvalue weighted by molar-refractivity contribution is 0.0794. The summed E-state index contributed by atoms with van der Waals surface area (Å²) in [6.45, 7) is 1.62. The van der Waals surface area contributed by atoms with Crippen LogP contribution in [0.4, 0.5) is 11.5 Å². The van der Waals surface area contributed by atoms with Crippen LogP contribution < -0.4 is 5.32 Å². The van der Waals surface area contributed by atoms with Crippen molar-refractivity contribution in [1.82, 2.24) is 14.5 Å². The molecule has 2 aromatic heterocycles. The minimum atomic E-state index is 0. The number of pyridine rings is 1. The van der Waals surface area contributed by atoms with Gasteiger partial charge in [0.05, 0.1) is 11.1 Å². The summed E-state index contributed by atoms with van der Waals surface area (Å²) in [5.74, 6) is 0.705. The third-order valence-corrected chi connectivity index (χ3v) is 5.09. The van der Waals surface area contributed by atoms with Crippen LogP contribution in [0.5, 0.6) is 0 Å². The number of aromatic nitrogens is 2. The second kappa shape index (κ2) is 7.97. The van der Waals surface area contributed by atoms with Gasteiger partial charge in [0.15, 0.2) is 0 Å². The zero-order valence-corrected chi connectivity index (χ0v) is 17.0. The molecule has 0 saturated carbocycles. The topological polar surface area (TPSA) is 50.2 Å². The number of amides is 1. The summed E-state index contributed by atoms with van der Waals surface area (Å²) in [6, 6.07) is 7.20. The number of rotatable bonds is 3. The molecule has 4 rings (SSSR count). The highest BCUT2D eigenvalue weighted by atomic mass is 35.5. The first-order valence-corrected chi connectivity index (χ1v) is 9.25. The van der Waals surface area contributed by atoms with Crippen LogP contribution >= 0.6 is 35.6 Å². The predicted octanol–water partition coefficient (Wildman–Crippen LogP) is 5.28. The first-order chi connectivity index (χ1) is 12.5. The minimum Gasteiger partial charge on any atom is -0.350 e. The molecule has 1 fully saturated rings. The van der Waals surface area contributed by atoms with E-state index in [-0.39, 0.29) is 18.3 Å². The van der Waals surface area contributed by atoms with Crippen LogP contribution in [0.2, 0.25) is 10.0 Å². The molecular weight excluding hydrogens is 407 g/mol. The second-order valence-corrected chi connectivity index (χ2v) is 7.36. The summed E-state index contributed by atoms with van der Waals surface area (Å²) in [5, 5.41) is 5.24. The molecule has 0 spiro atoms. The van der Waals surface area contributed by atoms with E-state index in [1.165, 1.54) is 0 Å². The fourth-order valence-corrected chi connectivity index (χ4v) is 3.95. The van der Waals surface area contributed by atoms with Gasteiger partial charge in [-0.2, -0.15) is 0 Å². The Morgan fingerprint density at radius 1 is 1.15 bits per heavy atom. The van der Waals surface area contributed by atoms with Gasteiger partial charge >= 0.3 is 0 Å². The Balaban J connectivity index is 0.00000210. The Hall–Kier alpha value is -1.95. The quantitative estimate of drug-likeness (QED) is 0.621. The van der Waals surface area contributed by atoms with Gasteiger partial charge in [-0.25, -0.2) is 4.98 Å². The number of fused-ring (bicyclic) bond motifs is 1. The van der Waals surface area contributed by atoms with E-state index in [0.717, 1.165) is 42.5 Å². The third kappa shape index (κ3) is 3.86. The largest absolute Gasteiger partial charge is 0.350 e. The van der Waals surface area contributed by atoms with Crippen LogP contribution in [0, 0.1) is 0 Å². The number of aryl methyl sites for hydroxylation is 1. The minimum absolute atomic E-state index is 0. The van der Waals surface area contributed by atoms with Crippen molar-refractivity contribution in [3.63, 3.8) is 0 Å². The first kappa shape index (κ1) is 19.8. The van der Waals surface area contributed by atoms with E-state index in [1.807, 2.05) is 28.8 Å². The van der Waals surface area contributed by atoms with E-state index < -0.39 is 0 Å². The molecule has 0 unspecified atom stereocenters. The highest BCUT2D eigenvalue weighted by molar-refractivity contribution is 6.35. The van der Waals surface area contributed by atoms with Crippen LogP contribution in [0.1, 0.15) is 23.2 Å². The molecule has 0 radical (unpaired) electrons. The maximum atomic E-state index is 12.9. The Morgan fingerprint density at radius 2 is 1.81 bits per heavy atom. The summed E-state index contributed by atoms with van der Waals surface area (Å²) in [7, 11) is 1.93. The molecule has 1 amide bonds.